The van der Waals surface area contributed by atoms with E-state index in [0.717, 1.165) is 32.0 Å². The van der Waals surface area contributed by atoms with Crippen LogP contribution in [0.15, 0.2) is 42.6 Å². The Morgan fingerprint density at radius 3 is 2.59 bits per heavy atom. The summed E-state index contributed by atoms with van der Waals surface area (Å²) in [5.74, 6) is 2.02. The SMILES string of the molecule is COc1ccccc1OC[C@@H](O)CN1CCN(c2ncccc2C#N)CC1. The molecule has 0 spiro atoms. The van der Waals surface area contributed by atoms with Crippen molar-refractivity contribution in [2.24, 2.45) is 0 Å². The molecule has 1 aromatic carbocycles. The molecule has 27 heavy (non-hydrogen) atoms. The highest BCUT2D eigenvalue weighted by molar-refractivity contribution is 5.53. The Kier molecular flexibility index (Phi) is 6.47. The van der Waals surface area contributed by atoms with Crippen LogP contribution in [-0.2, 0) is 0 Å². The molecule has 142 valence electrons. The number of aliphatic hydroxyl groups excluding tert-OH is 1. The summed E-state index contributed by atoms with van der Waals surface area (Å²) in [7, 11) is 1.59. The Labute approximate surface area is 159 Å². The minimum Gasteiger partial charge on any atom is -0.493 e. The average Bonchev–Trinajstić information content (AvgIpc) is 2.73. The van der Waals surface area contributed by atoms with E-state index in [1.165, 1.54) is 0 Å². The van der Waals surface area contributed by atoms with Crippen molar-refractivity contribution in [1.82, 2.24) is 9.88 Å². The Morgan fingerprint density at radius 1 is 1.15 bits per heavy atom. The lowest BCUT2D eigenvalue weighted by Gasteiger charge is -2.36. The topological polar surface area (TPSA) is 81.8 Å². The summed E-state index contributed by atoms with van der Waals surface area (Å²) in [5.41, 5.74) is 0.594. The van der Waals surface area contributed by atoms with Gasteiger partial charge in [0.2, 0.25) is 0 Å². The van der Waals surface area contributed by atoms with E-state index in [4.69, 9.17) is 9.47 Å². The first-order valence-electron chi connectivity index (χ1n) is 8.97. The molecule has 0 amide bonds. The molecule has 7 heteroatoms. The molecule has 2 aromatic rings. The van der Waals surface area contributed by atoms with Crippen molar-refractivity contribution in [3.05, 3.63) is 48.2 Å². The van der Waals surface area contributed by atoms with Crippen LogP contribution in [0.1, 0.15) is 5.56 Å². The number of aromatic nitrogens is 1. The molecule has 1 saturated heterocycles. The highest BCUT2D eigenvalue weighted by atomic mass is 16.5. The number of benzene rings is 1. The molecule has 0 radical (unpaired) electrons. The van der Waals surface area contributed by atoms with E-state index in [0.29, 0.717) is 23.6 Å². The lowest BCUT2D eigenvalue weighted by Crippen LogP contribution is -2.49. The zero-order valence-corrected chi connectivity index (χ0v) is 15.4. The molecule has 2 heterocycles. The largest absolute Gasteiger partial charge is 0.493 e. The fourth-order valence-corrected chi connectivity index (χ4v) is 3.15. The van der Waals surface area contributed by atoms with Crippen molar-refractivity contribution in [2.75, 3.05) is 51.3 Å². The summed E-state index contributed by atoms with van der Waals surface area (Å²) in [5, 5.41) is 19.5. The molecule has 1 atom stereocenters. The van der Waals surface area contributed by atoms with Crippen molar-refractivity contribution in [1.29, 1.82) is 5.26 Å². The van der Waals surface area contributed by atoms with Crippen molar-refractivity contribution in [3.63, 3.8) is 0 Å². The highest BCUT2D eigenvalue weighted by Crippen LogP contribution is 2.26. The highest BCUT2D eigenvalue weighted by Gasteiger charge is 2.22. The van der Waals surface area contributed by atoms with Gasteiger partial charge in [0.25, 0.3) is 0 Å². The fraction of sp³-hybridized carbons (Fsp3) is 0.400. The first kappa shape index (κ1) is 19.0. The first-order chi connectivity index (χ1) is 13.2. The molecule has 0 bridgehead atoms. The smallest absolute Gasteiger partial charge is 0.161 e. The van der Waals surface area contributed by atoms with Gasteiger partial charge in [-0.2, -0.15) is 5.26 Å². The number of nitrogens with zero attached hydrogens (tertiary/aromatic N) is 4. The van der Waals surface area contributed by atoms with E-state index in [9.17, 15) is 10.4 Å². The standard InChI is InChI=1S/C20H24N4O3/c1-26-18-6-2-3-7-19(18)27-15-17(25)14-23-9-11-24(12-10-23)20-16(13-21)5-4-8-22-20/h2-8,17,25H,9-12,14-15H2,1H3/t17-/m0/s1. The van der Waals surface area contributed by atoms with E-state index in [-0.39, 0.29) is 6.61 Å². The maximum Gasteiger partial charge on any atom is 0.161 e. The summed E-state index contributed by atoms with van der Waals surface area (Å²) >= 11 is 0. The quantitative estimate of drug-likeness (QED) is 0.793. The van der Waals surface area contributed by atoms with Crippen molar-refractivity contribution in [2.45, 2.75) is 6.10 Å². The zero-order valence-electron chi connectivity index (χ0n) is 15.4. The number of ether oxygens (including phenoxy) is 2. The van der Waals surface area contributed by atoms with Crippen LogP contribution in [0, 0.1) is 11.3 Å². The lowest BCUT2D eigenvalue weighted by molar-refractivity contribution is 0.0653. The van der Waals surface area contributed by atoms with Crippen LogP contribution < -0.4 is 14.4 Å². The predicted octanol–water partition coefficient (Wildman–Crippen LogP) is 1.52. The monoisotopic (exact) mass is 368 g/mol. The lowest BCUT2D eigenvalue weighted by atomic mass is 10.2. The molecule has 1 aliphatic heterocycles. The van der Waals surface area contributed by atoms with Gasteiger partial charge in [-0.05, 0) is 24.3 Å². The number of anilines is 1. The Morgan fingerprint density at radius 2 is 1.89 bits per heavy atom. The van der Waals surface area contributed by atoms with Crippen molar-refractivity contribution < 1.29 is 14.6 Å². The van der Waals surface area contributed by atoms with Crippen LogP contribution in [0.3, 0.4) is 0 Å². The van der Waals surface area contributed by atoms with Crippen LogP contribution in [-0.4, -0.2) is 67.5 Å². The molecule has 0 unspecified atom stereocenters. The Hall–Kier alpha value is -2.82. The summed E-state index contributed by atoms with van der Waals surface area (Å²) in [6, 6.07) is 13.2. The number of methoxy groups -OCH3 is 1. The van der Waals surface area contributed by atoms with Gasteiger partial charge in [-0.3, -0.25) is 4.90 Å². The number of hydrogen-bond acceptors (Lipinski definition) is 7. The van der Waals surface area contributed by atoms with Gasteiger partial charge in [-0.1, -0.05) is 12.1 Å². The number of aliphatic hydroxyl groups is 1. The summed E-state index contributed by atoms with van der Waals surface area (Å²) in [6.07, 6.45) is 1.12. The van der Waals surface area contributed by atoms with Gasteiger partial charge in [0.05, 0.1) is 12.7 Å². The number of rotatable bonds is 7. The second-order valence-electron chi connectivity index (χ2n) is 6.39. The molecular weight excluding hydrogens is 344 g/mol. The van der Waals surface area contributed by atoms with Gasteiger partial charge in [0.1, 0.15) is 24.6 Å². The minimum absolute atomic E-state index is 0.208. The van der Waals surface area contributed by atoms with Gasteiger partial charge >= 0.3 is 0 Å². The maximum absolute atomic E-state index is 10.3. The Balaban J connectivity index is 1.47. The van der Waals surface area contributed by atoms with Gasteiger partial charge < -0.3 is 19.5 Å². The van der Waals surface area contributed by atoms with Crippen LogP contribution in [0.4, 0.5) is 5.82 Å². The van der Waals surface area contributed by atoms with Crippen LogP contribution >= 0.6 is 0 Å². The van der Waals surface area contributed by atoms with E-state index in [2.05, 4.69) is 20.9 Å². The van der Waals surface area contributed by atoms with Crippen molar-refractivity contribution >= 4 is 5.82 Å². The average molecular weight is 368 g/mol. The minimum atomic E-state index is -0.592. The number of piperazine rings is 1. The molecule has 1 fully saturated rings. The second kappa shape index (κ2) is 9.21. The normalized spacial score (nSPS) is 15.8. The predicted molar refractivity (Wildman–Crippen MR) is 102 cm³/mol. The summed E-state index contributed by atoms with van der Waals surface area (Å²) in [6.45, 7) is 3.88. The van der Waals surface area contributed by atoms with Gasteiger partial charge in [-0.25, -0.2) is 4.98 Å². The molecule has 1 aromatic heterocycles. The molecular formula is C20H24N4O3. The molecule has 0 saturated carbocycles. The third kappa shape index (κ3) is 4.88. The molecule has 1 aliphatic rings. The van der Waals surface area contributed by atoms with Crippen LogP contribution in [0.2, 0.25) is 0 Å². The zero-order chi connectivity index (χ0) is 19.1. The van der Waals surface area contributed by atoms with Crippen LogP contribution in [0.5, 0.6) is 11.5 Å². The second-order valence-corrected chi connectivity index (χ2v) is 6.39. The van der Waals surface area contributed by atoms with Crippen LogP contribution in [0.25, 0.3) is 0 Å². The molecule has 0 aliphatic carbocycles. The van der Waals surface area contributed by atoms with Gasteiger partial charge in [0, 0.05) is 38.9 Å². The number of nitriles is 1. The summed E-state index contributed by atoms with van der Waals surface area (Å²) < 4.78 is 10.9. The van der Waals surface area contributed by atoms with E-state index in [1.54, 1.807) is 25.4 Å². The Bertz CT molecular complexity index is 785. The molecule has 3 rings (SSSR count). The molecule has 7 nitrogen and oxygen atoms in total. The van der Waals surface area contributed by atoms with E-state index in [1.807, 2.05) is 24.3 Å². The molecule has 1 N–H and O–H groups in total. The third-order valence-corrected chi connectivity index (χ3v) is 4.55. The third-order valence-electron chi connectivity index (χ3n) is 4.55. The number of para-hydroxylation sites is 2. The first-order valence-corrected chi connectivity index (χ1v) is 8.97. The van der Waals surface area contributed by atoms with Crippen molar-refractivity contribution in [3.8, 4) is 17.6 Å². The fourth-order valence-electron chi connectivity index (χ4n) is 3.15. The maximum atomic E-state index is 10.3. The summed E-state index contributed by atoms with van der Waals surface area (Å²) in [4.78, 5) is 8.66. The van der Waals surface area contributed by atoms with E-state index >= 15 is 0 Å². The number of β-amino-alcohol motifs (C(OH)–C–C–N with tert-alkyl or cyclic N) is 1. The number of hydrogen-bond donors (Lipinski definition) is 1. The van der Waals surface area contributed by atoms with Gasteiger partial charge in [-0.15, -0.1) is 0 Å². The number of pyridine rings is 1. The van der Waals surface area contributed by atoms with E-state index < -0.39 is 6.10 Å². The van der Waals surface area contributed by atoms with Gasteiger partial charge in [0.15, 0.2) is 11.5 Å².